The number of hydrogen-bond acceptors (Lipinski definition) is 5. The largest absolute Gasteiger partial charge is 0.352 e. The summed E-state index contributed by atoms with van der Waals surface area (Å²) < 4.78 is 1.72. The molecule has 3 aromatic rings. The van der Waals surface area contributed by atoms with Crippen molar-refractivity contribution in [3.8, 4) is 11.4 Å². The van der Waals surface area contributed by atoms with Crippen molar-refractivity contribution in [1.29, 1.82) is 0 Å². The second-order valence-electron chi connectivity index (χ2n) is 5.94. The third-order valence-corrected chi connectivity index (χ3v) is 5.08. The second kappa shape index (κ2) is 7.14. The molecule has 1 N–H and O–H groups in total. The number of thiazole rings is 1. The van der Waals surface area contributed by atoms with Crippen molar-refractivity contribution in [2.75, 3.05) is 6.54 Å². The van der Waals surface area contributed by atoms with Crippen molar-refractivity contribution in [2.24, 2.45) is 7.05 Å². The van der Waals surface area contributed by atoms with E-state index in [1.165, 1.54) is 4.88 Å². The standard InChI is InChI=1S/C18H21N5OS/c1-11-12(2)25-16(20-11)8-9-19-18(24)15-7-5-6-14(10-15)17-21-13(3)22-23(17)4/h5-7,10H,8-9H2,1-4H3,(H,19,24). The summed E-state index contributed by atoms with van der Waals surface area (Å²) in [5.41, 5.74) is 2.56. The molecule has 2 heterocycles. The van der Waals surface area contributed by atoms with E-state index < -0.39 is 0 Å². The van der Waals surface area contributed by atoms with E-state index >= 15 is 0 Å². The normalized spacial score (nSPS) is 10.9. The van der Waals surface area contributed by atoms with Crippen molar-refractivity contribution >= 4 is 17.2 Å². The number of benzene rings is 1. The van der Waals surface area contributed by atoms with Gasteiger partial charge < -0.3 is 5.32 Å². The third kappa shape index (κ3) is 3.93. The molecule has 0 bridgehead atoms. The number of aryl methyl sites for hydroxylation is 4. The van der Waals surface area contributed by atoms with E-state index in [9.17, 15) is 4.79 Å². The molecule has 0 radical (unpaired) electrons. The molecule has 130 valence electrons. The van der Waals surface area contributed by atoms with Gasteiger partial charge in [-0.15, -0.1) is 11.3 Å². The molecule has 0 spiro atoms. The van der Waals surface area contributed by atoms with Crippen LogP contribution in [-0.2, 0) is 13.5 Å². The van der Waals surface area contributed by atoms with Crippen LogP contribution in [0.15, 0.2) is 24.3 Å². The zero-order valence-corrected chi connectivity index (χ0v) is 15.6. The molecule has 0 fully saturated rings. The van der Waals surface area contributed by atoms with Crippen molar-refractivity contribution in [2.45, 2.75) is 27.2 Å². The lowest BCUT2D eigenvalue weighted by molar-refractivity contribution is 0.0954. The molecule has 0 saturated heterocycles. The zero-order valence-electron chi connectivity index (χ0n) is 14.8. The average molecular weight is 355 g/mol. The summed E-state index contributed by atoms with van der Waals surface area (Å²) in [6.07, 6.45) is 0.743. The van der Waals surface area contributed by atoms with E-state index in [1.807, 2.05) is 39.1 Å². The van der Waals surface area contributed by atoms with Crippen LogP contribution in [0.1, 0.15) is 31.8 Å². The molecule has 0 aliphatic carbocycles. The lowest BCUT2D eigenvalue weighted by atomic mass is 10.1. The van der Waals surface area contributed by atoms with Crippen molar-refractivity contribution in [3.05, 3.63) is 51.2 Å². The summed E-state index contributed by atoms with van der Waals surface area (Å²) in [6.45, 7) is 6.49. The Labute approximate surface area is 150 Å². The van der Waals surface area contributed by atoms with Gasteiger partial charge in [0.15, 0.2) is 5.82 Å². The fourth-order valence-electron chi connectivity index (χ4n) is 2.59. The summed E-state index contributed by atoms with van der Waals surface area (Å²) >= 11 is 1.69. The summed E-state index contributed by atoms with van der Waals surface area (Å²) in [6, 6.07) is 7.44. The average Bonchev–Trinajstić information content (AvgIpc) is 3.08. The van der Waals surface area contributed by atoms with Crippen LogP contribution in [0.5, 0.6) is 0 Å². The van der Waals surface area contributed by atoms with Crippen molar-refractivity contribution < 1.29 is 4.79 Å². The molecule has 6 nitrogen and oxygen atoms in total. The monoisotopic (exact) mass is 355 g/mol. The second-order valence-corrected chi connectivity index (χ2v) is 7.23. The number of nitrogens with one attached hydrogen (secondary N) is 1. The predicted molar refractivity (Wildman–Crippen MR) is 98.8 cm³/mol. The topological polar surface area (TPSA) is 72.7 Å². The lowest BCUT2D eigenvalue weighted by Gasteiger charge is -2.06. The molecule has 0 saturated carbocycles. The Morgan fingerprint density at radius 2 is 2.04 bits per heavy atom. The Bertz CT molecular complexity index is 893. The van der Waals surface area contributed by atoms with E-state index in [0.717, 1.165) is 28.5 Å². The fraction of sp³-hybridized carbons (Fsp3) is 0.333. The van der Waals surface area contributed by atoms with Gasteiger partial charge in [-0.25, -0.2) is 14.6 Å². The lowest BCUT2D eigenvalue weighted by Crippen LogP contribution is -2.25. The molecule has 0 aliphatic heterocycles. The van der Waals surface area contributed by atoms with E-state index in [4.69, 9.17) is 0 Å². The molecule has 1 aromatic carbocycles. The minimum Gasteiger partial charge on any atom is -0.352 e. The SMILES string of the molecule is Cc1nc(-c2cccc(C(=O)NCCc3nc(C)c(C)s3)c2)n(C)n1. The summed E-state index contributed by atoms with van der Waals surface area (Å²) in [4.78, 5) is 22.5. The Morgan fingerprint density at radius 3 is 2.68 bits per heavy atom. The highest BCUT2D eigenvalue weighted by atomic mass is 32.1. The van der Waals surface area contributed by atoms with E-state index in [-0.39, 0.29) is 5.91 Å². The smallest absolute Gasteiger partial charge is 0.251 e. The van der Waals surface area contributed by atoms with Crippen LogP contribution >= 0.6 is 11.3 Å². The van der Waals surface area contributed by atoms with Gasteiger partial charge in [0.2, 0.25) is 0 Å². The van der Waals surface area contributed by atoms with Gasteiger partial charge in [0, 0.05) is 36.0 Å². The maximum atomic E-state index is 12.4. The first-order chi connectivity index (χ1) is 11.9. The van der Waals surface area contributed by atoms with Gasteiger partial charge in [-0.1, -0.05) is 12.1 Å². The quantitative estimate of drug-likeness (QED) is 0.764. The maximum Gasteiger partial charge on any atom is 0.251 e. The first kappa shape index (κ1) is 17.3. The van der Waals surface area contributed by atoms with Crippen LogP contribution in [-0.4, -0.2) is 32.2 Å². The number of amides is 1. The van der Waals surface area contributed by atoms with E-state index in [1.54, 1.807) is 22.1 Å². The van der Waals surface area contributed by atoms with Gasteiger partial charge in [0.1, 0.15) is 5.82 Å². The molecule has 0 unspecified atom stereocenters. The molecule has 0 atom stereocenters. The van der Waals surface area contributed by atoms with Gasteiger partial charge in [-0.3, -0.25) is 4.79 Å². The highest BCUT2D eigenvalue weighted by molar-refractivity contribution is 7.11. The zero-order chi connectivity index (χ0) is 18.0. The van der Waals surface area contributed by atoms with Gasteiger partial charge in [0.25, 0.3) is 5.91 Å². The van der Waals surface area contributed by atoms with Crippen molar-refractivity contribution in [3.63, 3.8) is 0 Å². The summed E-state index contributed by atoms with van der Waals surface area (Å²) in [7, 11) is 1.85. The van der Waals surface area contributed by atoms with Crippen LogP contribution in [0.2, 0.25) is 0 Å². The Hall–Kier alpha value is -2.54. The first-order valence-electron chi connectivity index (χ1n) is 8.13. The number of rotatable bonds is 5. The van der Waals surface area contributed by atoms with Gasteiger partial charge in [-0.2, -0.15) is 5.10 Å². The molecule has 0 aliphatic rings. The minimum absolute atomic E-state index is 0.0919. The van der Waals surface area contributed by atoms with Gasteiger partial charge >= 0.3 is 0 Å². The first-order valence-corrected chi connectivity index (χ1v) is 8.95. The maximum absolute atomic E-state index is 12.4. The Kier molecular flexibility index (Phi) is 4.94. The minimum atomic E-state index is -0.0919. The molecule has 25 heavy (non-hydrogen) atoms. The van der Waals surface area contributed by atoms with Crippen LogP contribution in [0.3, 0.4) is 0 Å². The summed E-state index contributed by atoms with van der Waals surface area (Å²) in [5.74, 6) is 1.37. The van der Waals surface area contributed by atoms with Crippen LogP contribution < -0.4 is 5.32 Å². The van der Waals surface area contributed by atoms with Gasteiger partial charge in [0.05, 0.1) is 10.7 Å². The number of carbonyl (C=O) groups excluding carboxylic acids is 1. The summed E-state index contributed by atoms with van der Waals surface area (Å²) in [5, 5.41) is 8.27. The number of hydrogen-bond donors (Lipinski definition) is 1. The highest BCUT2D eigenvalue weighted by Crippen LogP contribution is 2.19. The number of carbonyl (C=O) groups is 1. The van der Waals surface area contributed by atoms with E-state index in [2.05, 4.69) is 27.3 Å². The molecule has 1 amide bonds. The van der Waals surface area contributed by atoms with E-state index in [0.29, 0.717) is 17.9 Å². The molecule has 3 rings (SSSR count). The fourth-order valence-corrected chi connectivity index (χ4v) is 3.53. The number of aromatic nitrogens is 4. The highest BCUT2D eigenvalue weighted by Gasteiger charge is 2.11. The van der Waals surface area contributed by atoms with Crippen molar-refractivity contribution in [1.82, 2.24) is 25.1 Å². The van der Waals surface area contributed by atoms with Crippen LogP contribution in [0.25, 0.3) is 11.4 Å². The molecular formula is C18H21N5OS. The molecule has 7 heteroatoms. The third-order valence-electron chi connectivity index (χ3n) is 3.95. The molecule has 2 aromatic heterocycles. The Balaban J connectivity index is 1.66. The van der Waals surface area contributed by atoms with Crippen LogP contribution in [0, 0.1) is 20.8 Å². The Morgan fingerprint density at radius 1 is 1.24 bits per heavy atom. The predicted octanol–water partition coefficient (Wildman–Crippen LogP) is 2.84. The van der Waals surface area contributed by atoms with Crippen LogP contribution in [0.4, 0.5) is 0 Å². The van der Waals surface area contributed by atoms with Gasteiger partial charge in [-0.05, 0) is 32.9 Å². The number of nitrogens with zero attached hydrogens (tertiary/aromatic N) is 4. The molecular weight excluding hydrogens is 334 g/mol.